The Morgan fingerprint density at radius 2 is 0.786 bits per heavy atom. The van der Waals surface area contributed by atoms with Gasteiger partial charge in [0.25, 0.3) is 0 Å². The van der Waals surface area contributed by atoms with Gasteiger partial charge in [0.1, 0.15) is 0 Å². The van der Waals surface area contributed by atoms with Crippen LogP contribution in [-0.4, -0.2) is 0 Å². The van der Waals surface area contributed by atoms with Crippen LogP contribution in [0.2, 0.25) is 0 Å². The SMILES string of the molecule is O=P([O-])([O-])[O-].[K+].[K+].[K+].c1ccc2c(-c3cccc4ccccc34)cccc2c1. The van der Waals surface area contributed by atoms with Gasteiger partial charge in [-0.1, -0.05) is 84.9 Å². The molecule has 0 saturated heterocycles. The molecule has 0 amide bonds. The number of phosphoric acid groups is 1. The van der Waals surface area contributed by atoms with E-state index in [2.05, 4.69) is 84.9 Å². The van der Waals surface area contributed by atoms with Gasteiger partial charge in [-0.2, -0.15) is 7.82 Å². The maximum Gasteiger partial charge on any atom is 1.00 e. The van der Waals surface area contributed by atoms with Crippen molar-refractivity contribution in [2.45, 2.75) is 0 Å². The van der Waals surface area contributed by atoms with Crippen LogP contribution >= 0.6 is 7.82 Å². The maximum atomic E-state index is 8.55. The van der Waals surface area contributed by atoms with Crippen molar-refractivity contribution < 1.29 is 173 Å². The standard InChI is InChI=1S/C20H14.3K.H3O4P/c1-3-11-17-15(7-1)9-5-13-19(17)20-14-6-10-16-8-2-4-12-18(16)20;;;;1-5(2,3)4/h1-14H;;;;(H3,1,2,3,4)/q;3*+1;/p-3. The molecule has 0 aromatic heterocycles. The molecule has 126 valence electrons. The summed E-state index contributed by atoms with van der Waals surface area (Å²) in [6.07, 6.45) is 0. The monoisotopic (exact) mass is 466 g/mol. The smallest absolute Gasteiger partial charge is 0.822 e. The summed E-state index contributed by atoms with van der Waals surface area (Å²) in [6, 6.07) is 30.2. The number of fused-ring (bicyclic) bond motifs is 2. The molecular formula is C20H14K3O4P. The van der Waals surface area contributed by atoms with Crippen molar-refractivity contribution in [3.8, 4) is 11.1 Å². The van der Waals surface area contributed by atoms with E-state index in [1.165, 1.54) is 32.7 Å². The number of hydrogen-bond acceptors (Lipinski definition) is 4. The second kappa shape index (κ2) is 14.5. The van der Waals surface area contributed by atoms with Crippen LogP contribution in [0.1, 0.15) is 0 Å². The minimum Gasteiger partial charge on any atom is -0.822 e. The zero-order valence-corrected chi connectivity index (χ0v) is 26.4. The quantitative estimate of drug-likeness (QED) is 0.206. The Bertz CT molecular complexity index is 987. The summed E-state index contributed by atoms with van der Waals surface area (Å²) < 4.78 is 8.55. The van der Waals surface area contributed by atoms with Crippen molar-refractivity contribution in [3.63, 3.8) is 0 Å². The molecule has 0 radical (unpaired) electrons. The van der Waals surface area contributed by atoms with Gasteiger partial charge < -0.3 is 19.2 Å². The summed E-state index contributed by atoms with van der Waals surface area (Å²) in [5, 5.41) is 5.20. The van der Waals surface area contributed by atoms with Crippen LogP contribution < -0.4 is 169 Å². The van der Waals surface area contributed by atoms with Gasteiger partial charge in [-0.15, -0.1) is 0 Å². The van der Waals surface area contributed by atoms with E-state index < -0.39 is 7.82 Å². The molecule has 4 rings (SSSR count). The minimum atomic E-state index is -5.39. The van der Waals surface area contributed by atoms with Crippen LogP contribution in [0.5, 0.6) is 0 Å². The average Bonchev–Trinajstić information content (AvgIpc) is 2.59. The minimum absolute atomic E-state index is 0. The van der Waals surface area contributed by atoms with E-state index in [0.29, 0.717) is 0 Å². The molecule has 4 aromatic rings. The molecule has 4 nitrogen and oxygen atoms in total. The van der Waals surface area contributed by atoms with Crippen molar-refractivity contribution in [2.75, 3.05) is 0 Å². The van der Waals surface area contributed by atoms with Crippen molar-refractivity contribution in [1.82, 2.24) is 0 Å². The fourth-order valence-corrected chi connectivity index (χ4v) is 2.92. The zero-order chi connectivity index (χ0) is 17.9. The van der Waals surface area contributed by atoms with Crippen LogP contribution in [0.15, 0.2) is 84.9 Å². The third-order valence-electron chi connectivity index (χ3n) is 3.87. The van der Waals surface area contributed by atoms with Gasteiger partial charge in [0.05, 0.1) is 0 Å². The van der Waals surface area contributed by atoms with E-state index in [-0.39, 0.29) is 154 Å². The first-order valence-electron chi connectivity index (χ1n) is 7.62. The number of hydrogen-bond donors (Lipinski definition) is 0. The summed E-state index contributed by atoms with van der Waals surface area (Å²) in [6.45, 7) is 0. The second-order valence-electron chi connectivity index (χ2n) is 5.50. The summed E-state index contributed by atoms with van der Waals surface area (Å²) in [7, 11) is -5.39. The van der Waals surface area contributed by atoms with Gasteiger partial charge in [-0.05, 0) is 32.7 Å². The summed E-state index contributed by atoms with van der Waals surface area (Å²) in [5.41, 5.74) is 2.61. The van der Waals surface area contributed by atoms with Crippen LogP contribution in [0, 0.1) is 0 Å². The Morgan fingerprint density at radius 1 is 0.500 bits per heavy atom. The van der Waals surface area contributed by atoms with Gasteiger partial charge in [-0.3, -0.25) is 0 Å². The van der Waals surface area contributed by atoms with E-state index >= 15 is 0 Å². The molecule has 0 aliphatic carbocycles. The fourth-order valence-electron chi connectivity index (χ4n) is 2.92. The predicted molar refractivity (Wildman–Crippen MR) is 94.5 cm³/mol. The molecule has 0 bridgehead atoms. The van der Waals surface area contributed by atoms with Gasteiger partial charge in [-0.25, -0.2) is 0 Å². The van der Waals surface area contributed by atoms with Crippen molar-refractivity contribution in [3.05, 3.63) is 84.9 Å². The van der Waals surface area contributed by atoms with Crippen LogP contribution in [0.4, 0.5) is 0 Å². The van der Waals surface area contributed by atoms with Crippen molar-refractivity contribution in [1.29, 1.82) is 0 Å². The molecule has 0 fully saturated rings. The fraction of sp³-hybridized carbons (Fsp3) is 0. The Morgan fingerprint density at radius 3 is 1.14 bits per heavy atom. The van der Waals surface area contributed by atoms with E-state index in [1.54, 1.807) is 0 Å². The summed E-state index contributed by atoms with van der Waals surface area (Å²) in [5.74, 6) is 0. The Labute approximate surface area is 292 Å². The molecule has 0 heterocycles. The van der Waals surface area contributed by atoms with Gasteiger partial charge >= 0.3 is 154 Å². The summed E-state index contributed by atoms with van der Waals surface area (Å²) in [4.78, 5) is 25.6. The molecule has 0 unspecified atom stereocenters. The molecule has 0 atom stereocenters. The molecule has 0 aliphatic rings. The van der Waals surface area contributed by atoms with Gasteiger partial charge in [0.2, 0.25) is 0 Å². The first kappa shape index (κ1) is 30.4. The molecular weight excluding hydrogens is 452 g/mol. The van der Waals surface area contributed by atoms with E-state index in [1.807, 2.05) is 0 Å². The van der Waals surface area contributed by atoms with Crippen LogP contribution in [0.25, 0.3) is 32.7 Å². The first-order chi connectivity index (χ1) is 11.9. The maximum absolute atomic E-state index is 8.55. The normalized spacial score (nSPS) is 9.96. The largest absolute Gasteiger partial charge is 1.00 e. The Hall–Kier alpha value is 2.42. The average molecular weight is 467 g/mol. The van der Waals surface area contributed by atoms with Crippen LogP contribution in [0.3, 0.4) is 0 Å². The molecule has 4 aromatic carbocycles. The van der Waals surface area contributed by atoms with Gasteiger partial charge in [0.15, 0.2) is 0 Å². The molecule has 28 heavy (non-hydrogen) atoms. The van der Waals surface area contributed by atoms with Crippen LogP contribution in [-0.2, 0) is 4.57 Å². The number of rotatable bonds is 1. The van der Waals surface area contributed by atoms with Crippen molar-refractivity contribution >= 4 is 29.4 Å². The Balaban J connectivity index is 0.000000823. The topological polar surface area (TPSA) is 86.2 Å². The van der Waals surface area contributed by atoms with Crippen molar-refractivity contribution in [2.24, 2.45) is 0 Å². The van der Waals surface area contributed by atoms with E-state index in [9.17, 15) is 0 Å². The predicted octanol–water partition coefficient (Wildman–Crippen LogP) is -6.15. The summed E-state index contributed by atoms with van der Waals surface area (Å²) >= 11 is 0. The first-order valence-corrected chi connectivity index (χ1v) is 9.08. The third-order valence-corrected chi connectivity index (χ3v) is 3.87. The molecule has 0 N–H and O–H groups in total. The number of benzene rings is 4. The molecule has 8 heteroatoms. The molecule has 0 saturated carbocycles. The van der Waals surface area contributed by atoms with E-state index in [0.717, 1.165) is 0 Å². The molecule has 0 aliphatic heterocycles. The molecule has 0 spiro atoms. The van der Waals surface area contributed by atoms with E-state index in [4.69, 9.17) is 19.2 Å². The van der Waals surface area contributed by atoms with Gasteiger partial charge in [0, 0.05) is 0 Å². The zero-order valence-electron chi connectivity index (χ0n) is 16.2. The third kappa shape index (κ3) is 9.11. The Kier molecular flexibility index (Phi) is 15.8. The second-order valence-corrected chi connectivity index (χ2v) is 6.40.